The Morgan fingerprint density at radius 3 is 2.85 bits per heavy atom. The average molecular weight is 371 g/mol. The number of hydrogen-bond acceptors (Lipinski definition) is 4. The number of anilines is 1. The molecule has 6 nitrogen and oxygen atoms in total. The number of rotatable bonds is 4. The summed E-state index contributed by atoms with van der Waals surface area (Å²) in [6.07, 6.45) is 7.88. The highest BCUT2D eigenvalue weighted by Crippen LogP contribution is 2.19. The largest absolute Gasteiger partial charge is 0.338 e. The van der Waals surface area contributed by atoms with E-state index in [1.165, 1.54) is 12.3 Å². The Hall–Kier alpha value is -2.73. The van der Waals surface area contributed by atoms with Gasteiger partial charge in [0.2, 0.25) is 11.8 Å². The third kappa shape index (κ3) is 4.89. The molecule has 2 aromatic rings. The molecular weight excluding hydrogens is 352 g/mol. The van der Waals surface area contributed by atoms with E-state index in [1.54, 1.807) is 29.3 Å². The van der Waals surface area contributed by atoms with Gasteiger partial charge in [-0.25, -0.2) is 4.98 Å². The van der Waals surface area contributed by atoms with Gasteiger partial charge in [-0.3, -0.25) is 14.6 Å². The Kier molecular flexibility index (Phi) is 5.96. The number of hydrogen-bond donors (Lipinski definition) is 1. The summed E-state index contributed by atoms with van der Waals surface area (Å²) in [5.41, 5.74) is 0.723. The summed E-state index contributed by atoms with van der Waals surface area (Å²) in [6, 6.07) is 8.84. The minimum absolute atomic E-state index is 0.113. The highest BCUT2D eigenvalue weighted by atomic mass is 35.5. The summed E-state index contributed by atoms with van der Waals surface area (Å²) in [4.78, 5) is 34.8. The number of amides is 2. The second-order valence-corrected chi connectivity index (χ2v) is 6.50. The van der Waals surface area contributed by atoms with Crippen molar-refractivity contribution in [3.63, 3.8) is 0 Å². The lowest BCUT2D eigenvalue weighted by atomic mass is 9.97. The maximum atomic E-state index is 12.4. The first-order valence-electron chi connectivity index (χ1n) is 8.42. The predicted molar refractivity (Wildman–Crippen MR) is 100 cm³/mol. The van der Waals surface area contributed by atoms with Crippen molar-refractivity contribution >= 4 is 35.3 Å². The molecule has 1 N–H and O–H groups in total. The summed E-state index contributed by atoms with van der Waals surface area (Å²) in [7, 11) is 0. The van der Waals surface area contributed by atoms with Gasteiger partial charge in [-0.05, 0) is 43.2 Å². The number of nitrogens with one attached hydrogen (secondary N) is 1. The number of carbonyl (C=O) groups excluding carboxylic acids is 2. The number of carbonyl (C=O) groups is 2. The Balaban J connectivity index is 1.57. The molecule has 1 aliphatic rings. The fourth-order valence-electron chi connectivity index (χ4n) is 2.81. The smallest absolute Gasteiger partial charge is 0.246 e. The van der Waals surface area contributed by atoms with Crippen molar-refractivity contribution in [2.75, 3.05) is 18.4 Å². The molecule has 3 heterocycles. The lowest BCUT2D eigenvalue weighted by molar-refractivity contribution is -0.130. The molecule has 1 fully saturated rings. The van der Waals surface area contributed by atoms with Gasteiger partial charge in [0.05, 0.1) is 16.6 Å². The molecule has 0 radical (unpaired) electrons. The van der Waals surface area contributed by atoms with E-state index in [0.717, 1.165) is 18.5 Å². The van der Waals surface area contributed by atoms with Crippen LogP contribution in [0.5, 0.6) is 0 Å². The van der Waals surface area contributed by atoms with E-state index in [2.05, 4.69) is 15.3 Å². The van der Waals surface area contributed by atoms with Gasteiger partial charge in [-0.15, -0.1) is 0 Å². The lowest BCUT2D eigenvalue weighted by Crippen LogP contribution is -2.43. The topological polar surface area (TPSA) is 75.2 Å². The van der Waals surface area contributed by atoms with E-state index in [1.807, 2.05) is 18.2 Å². The summed E-state index contributed by atoms with van der Waals surface area (Å²) >= 11 is 5.79. The van der Waals surface area contributed by atoms with Gasteiger partial charge in [-0.2, -0.15) is 0 Å². The molecule has 1 aliphatic heterocycles. The van der Waals surface area contributed by atoms with Crippen LogP contribution < -0.4 is 5.32 Å². The van der Waals surface area contributed by atoms with E-state index < -0.39 is 0 Å². The SMILES string of the molecule is O=C(Nc1ccc(Cl)cn1)C1CCCN(C(=O)/C=C/c2ccccn2)C1. The number of piperidine rings is 1. The highest BCUT2D eigenvalue weighted by molar-refractivity contribution is 6.30. The first-order valence-corrected chi connectivity index (χ1v) is 8.80. The van der Waals surface area contributed by atoms with Crippen molar-refractivity contribution < 1.29 is 9.59 Å². The number of nitrogens with zero attached hydrogens (tertiary/aromatic N) is 3. The number of aromatic nitrogens is 2. The van der Waals surface area contributed by atoms with Crippen LogP contribution in [0.2, 0.25) is 5.02 Å². The van der Waals surface area contributed by atoms with Crippen LogP contribution in [0.3, 0.4) is 0 Å². The molecule has 1 atom stereocenters. The summed E-state index contributed by atoms with van der Waals surface area (Å²) in [5, 5.41) is 3.29. The zero-order valence-electron chi connectivity index (χ0n) is 14.1. The van der Waals surface area contributed by atoms with Crippen molar-refractivity contribution in [1.29, 1.82) is 0 Å². The number of likely N-dealkylation sites (tertiary alicyclic amines) is 1. The molecule has 7 heteroatoms. The minimum Gasteiger partial charge on any atom is -0.338 e. The van der Waals surface area contributed by atoms with Crippen LogP contribution in [0.4, 0.5) is 5.82 Å². The molecule has 0 aromatic carbocycles. The standard InChI is InChI=1S/C19H19ClN4O2/c20-15-6-8-17(22-12-15)23-19(26)14-4-3-11-24(13-14)18(25)9-7-16-5-1-2-10-21-16/h1-2,5-10,12,14H,3-4,11,13H2,(H,22,23,26)/b9-7+. The fourth-order valence-corrected chi connectivity index (χ4v) is 2.92. The molecule has 2 aromatic heterocycles. The molecule has 134 valence electrons. The maximum Gasteiger partial charge on any atom is 0.246 e. The maximum absolute atomic E-state index is 12.4. The first-order chi connectivity index (χ1) is 12.6. The van der Waals surface area contributed by atoms with Crippen molar-refractivity contribution in [2.24, 2.45) is 5.92 Å². The van der Waals surface area contributed by atoms with Crippen LogP contribution in [0.25, 0.3) is 6.08 Å². The Morgan fingerprint density at radius 1 is 1.23 bits per heavy atom. The van der Waals surface area contributed by atoms with E-state index in [0.29, 0.717) is 23.9 Å². The first kappa shape index (κ1) is 18.1. The monoisotopic (exact) mass is 370 g/mol. The van der Waals surface area contributed by atoms with E-state index in [-0.39, 0.29) is 17.7 Å². The molecule has 0 spiro atoms. The van der Waals surface area contributed by atoms with Crippen molar-refractivity contribution in [3.05, 3.63) is 59.5 Å². The molecule has 1 saturated heterocycles. The molecular formula is C19H19ClN4O2. The van der Waals surface area contributed by atoms with E-state index >= 15 is 0 Å². The van der Waals surface area contributed by atoms with Crippen LogP contribution in [0.1, 0.15) is 18.5 Å². The van der Waals surface area contributed by atoms with E-state index in [9.17, 15) is 9.59 Å². The van der Waals surface area contributed by atoms with Crippen LogP contribution in [0, 0.1) is 5.92 Å². The predicted octanol–water partition coefficient (Wildman–Crippen LogP) is 3.02. The van der Waals surface area contributed by atoms with Gasteiger partial charge < -0.3 is 10.2 Å². The van der Waals surface area contributed by atoms with Gasteiger partial charge in [0.25, 0.3) is 0 Å². The number of pyridine rings is 2. The summed E-state index contributed by atoms with van der Waals surface area (Å²) < 4.78 is 0. The summed E-state index contributed by atoms with van der Waals surface area (Å²) in [6.45, 7) is 1.04. The normalized spacial score (nSPS) is 17.3. The zero-order valence-corrected chi connectivity index (χ0v) is 14.9. The van der Waals surface area contributed by atoms with Gasteiger partial charge in [0.15, 0.2) is 0 Å². The van der Waals surface area contributed by atoms with Crippen molar-refractivity contribution in [1.82, 2.24) is 14.9 Å². The van der Waals surface area contributed by atoms with Crippen molar-refractivity contribution in [2.45, 2.75) is 12.8 Å². The molecule has 3 rings (SSSR count). The summed E-state index contributed by atoms with van der Waals surface area (Å²) in [5.74, 6) is -0.0462. The number of halogens is 1. The Morgan fingerprint density at radius 2 is 2.12 bits per heavy atom. The van der Waals surface area contributed by atoms with Gasteiger partial charge >= 0.3 is 0 Å². The third-order valence-corrected chi connectivity index (χ3v) is 4.39. The zero-order chi connectivity index (χ0) is 18.4. The molecule has 0 saturated carbocycles. The Labute approximate surface area is 156 Å². The van der Waals surface area contributed by atoms with Gasteiger partial charge in [0, 0.05) is 31.6 Å². The molecule has 26 heavy (non-hydrogen) atoms. The van der Waals surface area contributed by atoms with Crippen LogP contribution in [0.15, 0.2) is 48.8 Å². The van der Waals surface area contributed by atoms with Crippen molar-refractivity contribution in [3.8, 4) is 0 Å². The quantitative estimate of drug-likeness (QED) is 0.839. The van der Waals surface area contributed by atoms with Crippen LogP contribution >= 0.6 is 11.6 Å². The lowest BCUT2D eigenvalue weighted by Gasteiger charge is -2.31. The molecule has 2 amide bonds. The fraction of sp³-hybridized carbons (Fsp3) is 0.263. The average Bonchev–Trinajstić information content (AvgIpc) is 2.69. The second-order valence-electron chi connectivity index (χ2n) is 6.06. The molecule has 1 unspecified atom stereocenters. The van der Waals surface area contributed by atoms with Gasteiger partial charge in [0.1, 0.15) is 5.82 Å². The third-order valence-electron chi connectivity index (χ3n) is 4.17. The van der Waals surface area contributed by atoms with Crippen LogP contribution in [-0.2, 0) is 9.59 Å². The van der Waals surface area contributed by atoms with Gasteiger partial charge in [-0.1, -0.05) is 17.7 Å². The molecule has 0 bridgehead atoms. The second kappa shape index (κ2) is 8.58. The molecule has 0 aliphatic carbocycles. The van der Waals surface area contributed by atoms with Crippen LogP contribution in [-0.4, -0.2) is 39.8 Å². The van der Waals surface area contributed by atoms with E-state index in [4.69, 9.17) is 11.6 Å². The highest BCUT2D eigenvalue weighted by Gasteiger charge is 2.27. The minimum atomic E-state index is -0.256. The Bertz CT molecular complexity index is 793.